The first-order chi connectivity index (χ1) is 9.85. The predicted molar refractivity (Wildman–Crippen MR) is 77.0 cm³/mol. The van der Waals surface area contributed by atoms with Crippen LogP contribution in [0.5, 0.6) is 0 Å². The number of carbonyl (C=O) groups excluding carboxylic acids is 1. The van der Waals surface area contributed by atoms with Crippen molar-refractivity contribution < 1.29 is 23.1 Å². The van der Waals surface area contributed by atoms with E-state index in [0.29, 0.717) is 5.56 Å². The number of carbonyl (C=O) groups is 2. The quantitative estimate of drug-likeness (QED) is 0.623. The number of sulfonamides is 1. The van der Waals surface area contributed by atoms with Crippen LogP contribution in [0.3, 0.4) is 0 Å². The maximum atomic E-state index is 11.9. The van der Waals surface area contributed by atoms with Gasteiger partial charge >= 0.3 is 5.97 Å². The van der Waals surface area contributed by atoms with Crippen LogP contribution < -0.4 is 10.0 Å². The Hall–Kier alpha value is -2.19. The maximum absolute atomic E-state index is 11.9. The van der Waals surface area contributed by atoms with Crippen LogP contribution in [0.1, 0.15) is 12.0 Å². The highest BCUT2D eigenvalue weighted by atomic mass is 32.2. The first kappa shape index (κ1) is 16.9. The van der Waals surface area contributed by atoms with Gasteiger partial charge in [0.05, 0.1) is 4.90 Å². The third kappa shape index (κ3) is 5.76. The van der Waals surface area contributed by atoms with Crippen LogP contribution >= 0.6 is 0 Å². The van der Waals surface area contributed by atoms with Crippen LogP contribution in [-0.4, -0.2) is 39.0 Å². The van der Waals surface area contributed by atoms with E-state index < -0.39 is 16.0 Å². The second-order valence-electron chi connectivity index (χ2n) is 4.06. The number of amides is 1. The average Bonchev–Trinajstić information content (AvgIpc) is 2.45. The minimum atomic E-state index is -3.68. The van der Waals surface area contributed by atoms with Crippen molar-refractivity contribution in [2.24, 2.45) is 0 Å². The number of carboxylic acids is 1. The Bertz CT molecular complexity index is 635. The molecule has 0 spiro atoms. The standard InChI is InChI=1S/C13H16N2O5S/c1-14-12(16)8-9-15-21(19,20)11-5-2-10(3-6-11)4-7-13(17)18/h2-7,15H,8-9H2,1H3,(H,14,16)(H,17,18). The first-order valence-corrected chi connectivity index (χ1v) is 7.55. The fourth-order valence-corrected chi connectivity index (χ4v) is 2.46. The summed E-state index contributed by atoms with van der Waals surface area (Å²) in [5, 5.41) is 10.9. The molecule has 1 aromatic carbocycles. The Kier molecular flexibility index (Phi) is 6.07. The Balaban J connectivity index is 2.71. The number of nitrogens with one attached hydrogen (secondary N) is 2. The zero-order valence-electron chi connectivity index (χ0n) is 11.4. The molecule has 114 valence electrons. The van der Waals surface area contributed by atoms with E-state index >= 15 is 0 Å². The van der Waals surface area contributed by atoms with Gasteiger partial charge in [0.25, 0.3) is 0 Å². The summed E-state index contributed by atoms with van der Waals surface area (Å²) in [6.07, 6.45) is 2.37. The number of aliphatic carboxylic acids is 1. The van der Waals surface area contributed by atoms with Crippen molar-refractivity contribution in [3.8, 4) is 0 Å². The van der Waals surface area contributed by atoms with Crippen molar-refractivity contribution in [1.29, 1.82) is 0 Å². The lowest BCUT2D eigenvalue weighted by molar-refractivity contribution is -0.131. The number of rotatable bonds is 7. The predicted octanol–water partition coefficient (Wildman–Crippen LogP) is 0.199. The fraction of sp³-hybridized carbons (Fsp3) is 0.231. The summed E-state index contributed by atoms with van der Waals surface area (Å²) in [7, 11) is -2.21. The van der Waals surface area contributed by atoms with Gasteiger partial charge in [-0.2, -0.15) is 0 Å². The van der Waals surface area contributed by atoms with Crippen LogP contribution in [0.2, 0.25) is 0 Å². The lowest BCUT2D eigenvalue weighted by Gasteiger charge is -2.06. The molecule has 0 unspecified atom stereocenters. The summed E-state index contributed by atoms with van der Waals surface area (Å²) in [6.45, 7) is 0.00265. The van der Waals surface area contributed by atoms with Crippen molar-refractivity contribution in [1.82, 2.24) is 10.0 Å². The topological polar surface area (TPSA) is 113 Å². The molecule has 1 aromatic rings. The fourth-order valence-electron chi connectivity index (χ4n) is 1.43. The van der Waals surface area contributed by atoms with E-state index in [-0.39, 0.29) is 23.8 Å². The van der Waals surface area contributed by atoms with E-state index in [4.69, 9.17) is 5.11 Å². The maximum Gasteiger partial charge on any atom is 0.328 e. The smallest absolute Gasteiger partial charge is 0.328 e. The molecule has 0 aromatic heterocycles. The van der Waals surface area contributed by atoms with Gasteiger partial charge in [-0.1, -0.05) is 12.1 Å². The normalized spacial score (nSPS) is 11.5. The van der Waals surface area contributed by atoms with Gasteiger partial charge < -0.3 is 10.4 Å². The molecule has 21 heavy (non-hydrogen) atoms. The molecule has 3 N–H and O–H groups in total. The molecule has 0 aliphatic rings. The Morgan fingerprint density at radius 1 is 1.24 bits per heavy atom. The molecule has 0 saturated heterocycles. The van der Waals surface area contributed by atoms with E-state index in [0.717, 1.165) is 6.08 Å². The number of benzene rings is 1. The van der Waals surface area contributed by atoms with Crippen LogP contribution in [0, 0.1) is 0 Å². The third-order valence-electron chi connectivity index (χ3n) is 2.53. The Morgan fingerprint density at radius 3 is 2.38 bits per heavy atom. The van der Waals surface area contributed by atoms with Crippen molar-refractivity contribution in [2.75, 3.05) is 13.6 Å². The van der Waals surface area contributed by atoms with E-state index in [1.807, 2.05) is 0 Å². The summed E-state index contributed by atoms with van der Waals surface area (Å²) in [5.74, 6) is -1.34. The van der Waals surface area contributed by atoms with Crippen molar-refractivity contribution in [3.63, 3.8) is 0 Å². The molecular formula is C13H16N2O5S. The van der Waals surface area contributed by atoms with E-state index in [1.54, 1.807) is 0 Å². The third-order valence-corrected chi connectivity index (χ3v) is 4.01. The van der Waals surface area contributed by atoms with Crippen LogP contribution in [0.4, 0.5) is 0 Å². The molecular weight excluding hydrogens is 296 g/mol. The SMILES string of the molecule is CNC(=O)CCNS(=O)(=O)c1ccc(C=CC(=O)O)cc1. The second-order valence-corrected chi connectivity index (χ2v) is 5.83. The molecule has 0 radical (unpaired) electrons. The first-order valence-electron chi connectivity index (χ1n) is 6.06. The molecule has 0 saturated carbocycles. The second kappa shape index (κ2) is 7.55. The summed E-state index contributed by atoms with van der Waals surface area (Å²) < 4.78 is 26.2. The minimum Gasteiger partial charge on any atom is -0.478 e. The number of carboxylic acid groups (broad SMARTS) is 1. The highest BCUT2D eigenvalue weighted by molar-refractivity contribution is 7.89. The van der Waals surface area contributed by atoms with Crippen LogP contribution in [-0.2, 0) is 19.6 Å². The van der Waals surface area contributed by atoms with Gasteiger partial charge in [-0.05, 0) is 23.8 Å². The molecule has 0 bridgehead atoms. The van der Waals surface area contributed by atoms with Gasteiger partial charge in [0.2, 0.25) is 15.9 Å². The molecule has 0 heterocycles. The molecule has 1 rings (SSSR count). The molecule has 0 atom stereocenters. The van der Waals surface area contributed by atoms with Crippen molar-refractivity contribution in [3.05, 3.63) is 35.9 Å². The van der Waals surface area contributed by atoms with E-state index in [1.165, 1.54) is 37.4 Å². The summed E-state index contributed by atoms with van der Waals surface area (Å²) in [6, 6.07) is 5.72. The van der Waals surface area contributed by atoms with Gasteiger partial charge in [-0.3, -0.25) is 4.79 Å². The number of hydrogen-bond acceptors (Lipinski definition) is 4. The minimum absolute atomic E-state index is 0.00265. The van der Waals surface area contributed by atoms with E-state index in [9.17, 15) is 18.0 Å². The van der Waals surface area contributed by atoms with Gasteiger partial charge in [-0.25, -0.2) is 17.9 Å². The van der Waals surface area contributed by atoms with Crippen molar-refractivity contribution in [2.45, 2.75) is 11.3 Å². The summed E-state index contributed by atoms with van der Waals surface area (Å²) >= 11 is 0. The molecule has 0 aliphatic carbocycles. The zero-order valence-corrected chi connectivity index (χ0v) is 12.2. The highest BCUT2D eigenvalue weighted by Crippen LogP contribution is 2.11. The van der Waals surface area contributed by atoms with Gasteiger partial charge in [-0.15, -0.1) is 0 Å². The van der Waals surface area contributed by atoms with Crippen LogP contribution in [0.25, 0.3) is 6.08 Å². The highest BCUT2D eigenvalue weighted by Gasteiger charge is 2.13. The largest absolute Gasteiger partial charge is 0.478 e. The van der Waals surface area contributed by atoms with E-state index in [2.05, 4.69) is 10.0 Å². The average molecular weight is 312 g/mol. The van der Waals surface area contributed by atoms with Gasteiger partial charge in [0, 0.05) is 26.1 Å². The van der Waals surface area contributed by atoms with Crippen LogP contribution in [0.15, 0.2) is 35.2 Å². The van der Waals surface area contributed by atoms with Gasteiger partial charge in [0.1, 0.15) is 0 Å². The molecule has 0 aliphatic heterocycles. The number of hydrogen-bond donors (Lipinski definition) is 3. The molecule has 1 amide bonds. The summed E-state index contributed by atoms with van der Waals surface area (Å²) in [4.78, 5) is 21.4. The molecule has 7 nitrogen and oxygen atoms in total. The van der Waals surface area contributed by atoms with Gasteiger partial charge in [0.15, 0.2) is 0 Å². The molecule has 8 heteroatoms. The monoisotopic (exact) mass is 312 g/mol. The molecule has 0 fully saturated rings. The Morgan fingerprint density at radius 2 is 1.86 bits per heavy atom. The Labute approximate surface area is 122 Å². The summed E-state index contributed by atoms with van der Waals surface area (Å²) in [5.41, 5.74) is 0.571. The van der Waals surface area contributed by atoms with Crippen molar-refractivity contribution >= 4 is 28.0 Å². The lowest BCUT2D eigenvalue weighted by Crippen LogP contribution is -2.29. The lowest BCUT2D eigenvalue weighted by atomic mass is 10.2. The zero-order chi connectivity index (χ0) is 15.9.